The predicted molar refractivity (Wildman–Crippen MR) is 51.5 cm³/mol. The summed E-state index contributed by atoms with van der Waals surface area (Å²) in [7, 11) is 1.70. The molecule has 0 saturated heterocycles. The van der Waals surface area contributed by atoms with E-state index in [2.05, 4.69) is 15.5 Å². The zero-order chi connectivity index (χ0) is 10.4. The van der Waals surface area contributed by atoms with Gasteiger partial charge in [-0.25, -0.2) is 4.68 Å². The topological polar surface area (TPSA) is 78.8 Å². The molecule has 0 amide bonds. The molecule has 1 unspecified atom stereocenters. The van der Waals surface area contributed by atoms with Crippen LogP contribution in [-0.2, 0) is 11.3 Å². The van der Waals surface area contributed by atoms with E-state index in [4.69, 9.17) is 10.5 Å². The minimum atomic E-state index is -0.118. The van der Waals surface area contributed by atoms with E-state index in [1.165, 1.54) is 0 Å². The van der Waals surface area contributed by atoms with Crippen molar-refractivity contribution in [1.82, 2.24) is 20.2 Å². The van der Waals surface area contributed by atoms with Crippen molar-refractivity contribution in [2.24, 2.45) is 5.73 Å². The van der Waals surface area contributed by atoms with Gasteiger partial charge in [0.1, 0.15) is 0 Å². The van der Waals surface area contributed by atoms with Gasteiger partial charge in [-0.3, -0.25) is 0 Å². The lowest BCUT2D eigenvalue weighted by Crippen LogP contribution is -2.14. The molecule has 1 heterocycles. The van der Waals surface area contributed by atoms with Gasteiger partial charge in [0, 0.05) is 20.3 Å². The Morgan fingerprint density at radius 1 is 1.50 bits per heavy atom. The number of aromatic nitrogens is 4. The van der Waals surface area contributed by atoms with E-state index in [1.54, 1.807) is 11.8 Å². The van der Waals surface area contributed by atoms with Crippen molar-refractivity contribution >= 4 is 0 Å². The molecule has 0 aromatic carbocycles. The molecule has 1 aromatic rings. The minimum absolute atomic E-state index is 0.118. The quantitative estimate of drug-likeness (QED) is 0.658. The van der Waals surface area contributed by atoms with E-state index in [0.29, 0.717) is 0 Å². The molecule has 0 aliphatic carbocycles. The second kappa shape index (κ2) is 5.66. The summed E-state index contributed by atoms with van der Waals surface area (Å²) in [5.41, 5.74) is 5.70. The maximum Gasteiger partial charge on any atom is 0.167 e. The normalized spacial score (nSPS) is 13.1. The number of methoxy groups -OCH3 is 1. The van der Waals surface area contributed by atoms with Crippen LogP contribution in [-0.4, -0.2) is 33.9 Å². The van der Waals surface area contributed by atoms with Crippen LogP contribution >= 0.6 is 0 Å². The molecule has 0 fully saturated rings. The molecule has 0 aliphatic rings. The van der Waals surface area contributed by atoms with Crippen molar-refractivity contribution in [2.75, 3.05) is 13.7 Å². The van der Waals surface area contributed by atoms with E-state index in [0.717, 1.165) is 31.8 Å². The molecule has 0 aliphatic heterocycles. The molecule has 6 heteroatoms. The second-order valence-electron chi connectivity index (χ2n) is 3.25. The van der Waals surface area contributed by atoms with Crippen LogP contribution in [0.25, 0.3) is 0 Å². The van der Waals surface area contributed by atoms with E-state index >= 15 is 0 Å². The highest BCUT2D eigenvalue weighted by Crippen LogP contribution is 2.04. The monoisotopic (exact) mass is 199 g/mol. The van der Waals surface area contributed by atoms with Crippen LogP contribution in [0.4, 0.5) is 0 Å². The smallest absolute Gasteiger partial charge is 0.167 e. The molecule has 1 rings (SSSR count). The summed E-state index contributed by atoms with van der Waals surface area (Å²) in [6, 6.07) is -0.118. The molecule has 14 heavy (non-hydrogen) atoms. The van der Waals surface area contributed by atoms with E-state index in [1.807, 2.05) is 6.92 Å². The van der Waals surface area contributed by atoms with Gasteiger partial charge in [-0.1, -0.05) is 0 Å². The van der Waals surface area contributed by atoms with Crippen LogP contribution in [0.5, 0.6) is 0 Å². The molecule has 6 nitrogen and oxygen atoms in total. The fourth-order valence-corrected chi connectivity index (χ4v) is 1.20. The Hall–Kier alpha value is -1.01. The lowest BCUT2D eigenvalue weighted by atomic mass is 10.3. The highest BCUT2D eigenvalue weighted by atomic mass is 16.5. The van der Waals surface area contributed by atoms with Gasteiger partial charge in [0.2, 0.25) is 0 Å². The number of aryl methyl sites for hydroxylation is 1. The summed E-state index contributed by atoms with van der Waals surface area (Å²) in [5, 5.41) is 11.3. The molecule has 0 bridgehead atoms. The summed E-state index contributed by atoms with van der Waals surface area (Å²) < 4.78 is 6.70. The average molecular weight is 199 g/mol. The standard InChI is InChI=1S/C8H17N5O/c1-7(9)8-10-11-12-13(8)5-3-4-6-14-2/h7H,3-6,9H2,1-2H3. The van der Waals surface area contributed by atoms with Crippen LogP contribution in [0.1, 0.15) is 31.6 Å². The van der Waals surface area contributed by atoms with Gasteiger partial charge >= 0.3 is 0 Å². The predicted octanol–water partition coefficient (Wildman–Crippen LogP) is 0.119. The van der Waals surface area contributed by atoms with E-state index < -0.39 is 0 Å². The lowest BCUT2D eigenvalue weighted by Gasteiger charge is -2.06. The number of unbranched alkanes of at least 4 members (excludes halogenated alkanes) is 1. The maximum atomic E-state index is 5.70. The number of tetrazole rings is 1. The Kier molecular flexibility index (Phi) is 4.48. The van der Waals surface area contributed by atoms with Gasteiger partial charge in [0.05, 0.1) is 6.04 Å². The molecule has 2 N–H and O–H groups in total. The van der Waals surface area contributed by atoms with Gasteiger partial charge in [-0.2, -0.15) is 0 Å². The largest absolute Gasteiger partial charge is 0.385 e. The van der Waals surface area contributed by atoms with E-state index in [-0.39, 0.29) is 6.04 Å². The number of hydrogen-bond donors (Lipinski definition) is 1. The highest BCUT2D eigenvalue weighted by molar-refractivity contribution is 4.86. The van der Waals surface area contributed by atoms with Gasteiger partial charge in [0.15, 0.2) is 5.82 Å². The Morgan fingerprint density at radius 3 is 2.93 bits per heavy atom. The molecular weight excluding hydrogens is 182 g/mol. The van der Waals surface area contributed by atoms with Crippen LogP contribution in [0.3, 0.4) is 0 Å². The van der Waals surface area contributed by atoms with Crippen LogP contribution in [0.15, 0.2) is 0 Å². The number of nitrogens with two attached hydrogens (primary N) is 1. The first-order valence-electron chi connectivity index (χ1n) is 4.76. The number of ether oxygens (including phenoxy) is 1. The first-order chi connectivity index (χ1) is 6.75. The van der Waals surface area contributed by atoms with Crippen molar-refractivity contribution in [3.63, 3.8) is 0 Å². The average Bonchev–Trinajstić information content (AvgIpc) is 2.60. The third-order valence-corrected chi connectivity index (χ3v) is 1.94. The highest BCUT2D eigenvalue weighted by Gasteiger charge is 2.09. The SMILES string of the molecule is COCCCCn1nnnc1C(C)N. The first-order valence-corrected chi connectivity index (χ1v) is 4.76. The summed E-state index contributed by atoms with van der Waals surface area (Å²) in [6.07, 6.45) is 2.01. The summed E-state index contributed by atoms with van der Waals surface area (Å²) in [6.45, 7) is 3.44. The maximum absolute atomic E-state index is 5.70. The van der Waals surface area contributed by atoms with Gasteiger partial charge < -0.3 is 10.5 Å². The van der Waals surface area contributed by atoms with Crippen molar-refractivity contribution in [2.45, 2.75) is 32.4 Å². The number of hydrogen-bond acceptors (Lipinski definition) is 5. The lowest BCUT2D eigenvalue weighted by molar-refractivity contribution is 0.190. The minimum Gasteiger partial charge on any atom is -0.385 e. The summed E-state index contributed by atoms with van der Waals surface area (Å²) in [4.78, 5) is 0. The summed E-state index contributed by atoms with van der Waals surface area (Å²) >= 11 is 0. The molecule has 80 valence electrons. The molecule has 1 aromatic heterocycles. The zero-order valence-corrected chi connectivity index (χ0v) is 8.68. The van der Waals surface area contributed by atoms with Gasteiger partial charge in [-0.15, -0.1) is 5.10 Å². The Balaban J connectivity index is 2.38. The van der Waals surface area contributed by atoms with Crippen molar-refractivity contribution in [3.8, 4) is 0 Å². The second-order valence-corrected chi connectivity index (χ2v) is 3.25. The zero-order valence-electron chi connectivity index (χ0n) is 8.68. The fourth-order valence-electron chi connectivity index (χ4n) is 1.20. The molecular formula is C8H17N5O. The number of rotatable bonds is 6. The Morgan fingerprint density at radius 2 is 2.29 bits per heavy atom. The van der Waals surface area contributed by atoms with Crippen LogP contribution in [0.2, 0.25) is 0 Å². The Labute approximate surface area is 83.4 Å². The first kappa shape index (κ1) is 11.1. The molecule has 0 radical (unpaired) electrons. The third kappa shape index (κ3) is 3.04. The fraction of sp³-hybridized carbons (Fsp3) is 0.875. The number of nitrogens with zero attached hydrogens (tertiary/aromatic N) is 4. The van der Waals surface area contributed by atoms with Crippen molar-refractivity contribution < 1.29 is 4.74 Å². The van der Waals surface area contributed by atoms with Crippen molar-refractivity contribution in [1.29, 1.82) is 0 Å². The van der Waals surface area contributed by atoms with Crippen molar-refractivity contribution in [3.05, 3.63) is 5.82 Å². The molecule has 0 saturated carbocycles. The molecule has 1 atom stereocenters. The van der Waals surface area contributed by atoms with Gasteiger partial charge in [-0.05, 0) is 30.2 Å². The van der Waals surface area contributed by atoms with Gasteiger partial charge in [0.25, 0.3) is 0 Å². The van der Waals surface area contributed by atoms with E-state index in [9.17, 15) is 0 Å². The van der Waals surface area contributed by atoms with Crippen LogP contribution in [0, 0.1) is 0 Å². The molecule has 0 spiro atoms. The summed E-state index contributed by atoms with van der Waals surface area (Å²) in [5.74, 6) is 0.738. The van der Waals surface area contributed by atoms with Crippen LogP contribution < -0.4 is 5.73 Å². The third-order valence-electron chi connectivity index (χ3n) is 1.94. The Bertz CT molecular complexity index is 260.